The monoisotopic (exact) mass is 656 g/mol. The third-order valence-corrected chi connectivity index (χ3v) is 11.2. The highest BCUT2D eigenvalue weighted by Gasteiger charge is 2.48. The van der Waals surface area contributed by atoms with Crippen molar-refractivity contribution in [3.63, 3.8) is 0 Å². The standard InChI is InChI=1S/C22H32N4O11S4/c27-16(4-2-1-3-14-20-13(12-38-14)24-22(32)25-20)23-7-8-36-18(29)5-9-39-40-10-6-19(30)37-26-17(28)11-15(21(26)31)41(33,34)35/h13-15,20H,1-12H2,(H,23,27)(H2,24,25,32)(H,33,34,35)/t13-,14-,15?,20-/m0/s1. The number of hydroxylamine groups is 2. The van der Waals surface area contributed by atoms with Crippen molar-refractivity contribution in [2.75, 3.05) is 30.4 Å². The quantitative estimate of drug-likeness (QED) is 0.0405. The summed E-state index contributed by atoms with van der Waals surface area (Å²) in [5.74, 6) is -2.32. The first-order chi connectivity index (χ1) is 19.5. The summed E-state index contributed by atoms with van der Waals surface area (Å²) in [5.41, 5.74) is 0. The topological polar surface area (TPSA) is 215 Å². The van der Waals surface area contributed by atoms with Crippen LogP contribution in [0.25, 0.3) is 0 Å². The molecule has 4 N–H and O–H groups in total. The number of esters is 1. The van der Waals surface area contributed by atoms with Crippen LogP contribution in [0.1, 0.15) is 44.9 Å². The maximum Gasteiger partial charge on any atom is 0.334 e. The van der Waals surface area contributed by atoms with E-state index in [-0.39, 0.29) is 60.8 Å². The molecular weight excluding hydrogens is 625 g/mol. The van der Waals surface area contributed by atoms with Gasteiger partial charge in [-0.15, -0.1) is 5.06 Å². The number of hydrogen-bond acceptors (Lipinski definition) is 13. The van der Waals surface area contributed by atoms with E-state index in [9.17, 15) is 37.2 Å². The number of carbonyl (C=O) groups excluding carboxylic acids is 6. The Morgan fingerprint density at radius 2 is 1.76 bits per heavy atom. The van der Waals surface area contributed by atoms with E-state index in [1.54, 1.807) is 0 Å². The van der Waals surface area contributed by atoms with Gasteiger partial charge in [-0.2, -0.15) is 20.2 Å². The summed E-state index contributed by atoms with van der Waals surface area (Å²) in [7, 11) is -2.25. The molecule has 0 aromatic heterocycles. The summed E-state index contributed by atoms with van der Waals surface area (Å²) in [6.07, 6.45) is 2.04. The summed E-state index contributed by atoms with van der Waals surface area (Å²) in [6, 6.07) is 0.237. The molecule has 230 valence electrons. The van der Waals surface area contributed by atoms with Crippen LogP contribution in [0.15, 0.2) is 0 Å². The van der Waals surface area contributed by atoms with Crippen LogP contribution in [0.4, 0.5) is 4.79 Å². The van der Waals surface area contributed by atoms with Crippen LogP contribution in [-0.2, 0) is 43.7 Å². The molecule has 3 saturated heterocycles. The predicted octanol–water partition coefficient (Wildman–Crippen LogP) is 0.00670. The minimum absolute atomic E-state index is 0.0507. The van der Waals surface area contributed by atoms with E-state index in [0.717, 1.165) is 25.0 Å². The van der Waals surface area contributed by atoms with Gasteiger partial charge in [-0.1, -0.05) is 28.0 Å². The number of imide groups is 1. The number of fused-ring (bicyclic) bond motifs is 1. The fraction of sp³-hybridized carbons (Fsp3) is 0.727. The normalized spacial score (nSPS) is 23.6. The molecule has 3 heterocycles. The van der Waals surface area contributed by atoms with Gasteiger partial charge in [-0.3, -0.25) is 23.7 Å². The third-order valence-electron chi connectivity index (χ3n) is 6.25. The van der Waals surface area contributed by atoms with Gasteiger partial charge in [-0.05, 0) is 12.8 Å². The lowest BCUT2D eigenvalue weighted by atomic mass is 10.0. The Hall–Kier alpha value is -2.22. The van der Waals surface area contributed by atoms with Crippen LogP contribution in [-0.4, -0.2) is 107 Å². The second-order valence-corrected chi connectivity index (χ2v) is 14.9. The molecule has 0 saturated carbocycles. The SMILES string of the molecule is O=C(CCCC[C@@H]1SC[C@@H]2NC(=O)N[C@@H]21)NCCOC(=O)CCSSCCC(=O)ON1C(=O)CC(S(=O)(=O)O)C1=O. The van der Waals surface area contributed by atoms with Crippen LogP contribution < -0.4 is 16.0 Å². The van der Waals surface area contributed by atoms with Gasteiger partial charge in [0.2, 0.25) is 5.91 Å². The van der Waals surface area contributed by atoms with Crippen LogP contribution in [0.5, 0.6) is 0 Å². The lowest BCUT2D eigenvalue weighted by molar-refractivity contribution is -0.197. The Balaban J connectivity index is 1.13. The Bertz CT molecular complexity index is 1120. The summed E-state index contributed by atoms with van der Waals surface area (Å²) in [5, 5.41) is 7.00. The van der Waals surface area contributed by atoms with Crippen molar-refractivity contribution < 1.29 is 51.3 Å². The molecule has 0 aromatic carbocycles. The van der Waals surface area contributed by atoms with Gasteiger partial charge < -0.3 is 25.5 Å². The summed E-state index contributed by atoms with van der Waals surface area (Å²) in [6.45, 7) is 0.261. The first-order valence-electron chi connectivity index (χ1n) is 12.8. The zero-order valence-corrected chi connectivity index (χ0v) is 25.2. The van der Waals surface area contributed by atoms with Gasteiger partial charge in [0.1, 0.15) is 6.61 Å². The van der Waals surface area contributed by atoms with E-state index >= 15 is 0 Å². The maximum atomic E-state index is 12.0. The van der Waals surface area contributed by atoms with Crippen LogP contribution in [0.3, 0.4) is 0 Å². The minimum Gasteiger partial charge on any atom is -0.464 e. The zero-order valence-electron chi connectivity index (χ0n) is 21.9. The number of nitrogens with one attached hydrogen (secondary N) is 3. The molecule has 1 unspecified atom stereocenters. The smallest absolute Gasteiger partial charge is 0.334 e. The molecule has 0 spiro atoms. The van der Waals surface area contributed by atoms with Gasteiger partial charge in [-0.25, -0.2) is 9.59 Å². The average molecular weight is 657 g/mol. The van der Waals surface area contributed by atoms with Crippen molar-refractivity contribution in [3.8, 4) is 0 Å². The van der Waals surface area contributed by atoms with Crippen molar-refractivity contribution in [1.29, 1.82) is 0 Å². The Labute approximate surface area is 248 Å². The molecular formula is C22H32N4O11S4. The molecule has 0 aliphatic carbocycles. The molecule has 5 amide bonds. The van der Waals surface area contributed by atoms with E-state index in [0.29, 0.717) is 17.4 Å². The molecule has 4 atom stereocenters. The Morgan fingerprint density at radius 3 is 2.44 bits per heavy atom. The van der Waals surface area contributed by atoms with E-state index in [1.807, 2.05) is 11.8 Å². The molecule has 3 aliphatic rings. The number of hydrogen-bond donors (Lipinski definition) is 4. The van der Waals surface area contributed by atoms with E-state index in [2.05, 4.69) is 20.8 Å². The van der Waals surface area contributed by atoms with E-state index in [1.165, 1.54) is 21.6 Å². The fourth-order valence-corrected chi connectivity index (χ4v) is 8.41. The Morgan fingerprint density at radius 1 is 1.05 bits per heavy atom. The van der Waals surface area contributed by atoms with Crippen LogP contribution >= 0.6 is 33.3 Å². The number of ether oxygens (including phenoxy) is 1. The first-order valence-corrected chi connectivity index (χ1v) is 17.9. The highest BCUT2D eigenvalue weighted by molar-refractivity contribution is 8.76. The zero-order chi connectivity index (χ0) is 30.0. The molecule has 3 aliphatic heterocycles. The van der Waals surface area contributed by atoms with E-state index < -0.39 is 45.5 Å². The van der Waals surface area contributed by atoms with Crippen molar-refractivity contribution in [1.82, 2.24) is 21.0 Å². The third kappa shape index (κ3) is 10.5. The molecule has 19 heteroatoms. The average Bonchev–Trinajstić information content (AvgIpc) is 3.54. The molecule has 3 rings (SSSR count). The van der Waals surface area contributed by atoms with Gasteiger partial charge >= 0.3 is 18.0 Å². The largest absolute Gasteiger partial charge is 0.464 e. The minimum atomic E-state index is -4.79. The molecule has 15 nitrogen and oxygen atoms in total. The van der Waals surface area contributed by atoms with Gasteiger partial charge in [0, 0.05) is 28.9 Å². The Kier molecular flexibility index (Phi) is 12.9. The number of amides is 5. The van der Waals surface area contributed by atoms with Gasteiger partial charge in [0.15, 0.2) is 5.25 Å². The molecule has 0 radical (unpaired) electrons. The predicted molar refractivity (Wildman–Crippen MR) is 150 cm³/mol. The number of rotatable bonds is 17. The molecule has 41 heavy (non-hydrogen) atoms. The number of urea groups is 1. The number of thioether (sulfide) groups is 1. The summed E-state index contributed by atoms with van der Waals surface area (Å²) >= 11 is 1.84. The summed E-state index contributed by atoms with van der Waals surface area (Å²) < 4.78 is 36.2. The van der Waals surface area contributed by atoms with Crippen LogP contribution in [0.2, 0.25) is 0 Å². The van der Waals surface area contributed by atoms with Crippen molar-refractivity contribution in [3.05, 3.63) is 0 Å². The molecule has 0 bridgehead atoms. The van der Waals surface area contributed by atoms with Crippen LogP contribution in [0, 0.1) is 0 Å². The van der Waals surface area contributed by atoms with Crippen molar-refractivity contribution in [2.24, 2.45) is 0 Å². The molecule has 3 fully saturated rings. The number of unbranched alkanes of at least 4 members (excludes halogenated alkanes) is 1. The van der Waals surface area contributed by atoms with Gasteiger partial charge in [0.25, 0.3) is 21.9 Å². The van der Waals surface area contributed by atoms with Crippen molar-refractivity contribution >= 4 is 79.2 Å². The number of carbonyl (C=O) groups is 6. The lowest BCUT2D eigenvalue weighted by Crippen LogP contribution is -2.36. The fourth-order valence-electron chi connectivity index (χ4n) is 4.22. The maximum absolute atomic E-state index is 12.0. The second-order valence-electron chi connectivity index (χ2n) is 9.28. The first kappa shape index (κ1) is 33.3. The van der Waals surface area contributed by atoms with Gasteiger partial charge in [0.05, 0.1) is 37.9 Å². The highest BCUT2D eigenvalue weighted by atomic mass is 33.1. The van der Waals surface area contributed by atoms with Crippen molar-refractivity contribution in [2.45, 2.75) is 67.5 Å². The number of nitrogens with zero attached hydrogens (tertiary/aromatic N) is 1. The highest BCUT2D eigenvalue weighted by Crippen LogP contribution is 2.33. The lowest BCUT2D eigenvalue weighted by Gasteiger charge is -2.16. The second kappa shape index (κ2) is 15.9. The molecule has 0 aromatic rings. The van der Waals surface area contributed by atoms with E-state index in [4.69, 9.17) is 9.29 Å². The summed E-state index contributed by atoms with van der Waals surface area (Å²) in [4.78, 5) is 75.2.